The minimum atomic E-state index is -0.473. The van der Waals surface area contributed by atoms with Crippen molar-refractivity contribution in [2.45, 2.75) is 32.7 Å². The predicted molar refractivity (Wildman–Crippen MR) is 85.6 cm³/mol. The maximum atomic E-state index is 12.4. The smallest absolute Gasteiger partial charge is 0.246 e. The average molecular weight is 313 g/mol. The van der Waals surface area contributed by atoms with Gasteiger partial charge in [-0.3, -0.25) is 14.7 Å². The number of hydrogen-bond donors (Lipinski definition) is 2. The fourth-order valence-corrected chi connectivity index (χ4v) is 2.67. The van der Waals surface area contributed by atoms with Crippen molar-refractivity contribution in [3.63, 3.8) is 0 Å². The molecule has 120 valence electrons. The molecule has 1 unspecified atom stereocenters. The zero-order valence-corrected chi connectivity index (χ0v) is 13.2. The molecule has 3 rings (SSSR count). The molecule has 1 atom stereocenters. The van der Waals surface area contributed by atoms with Crippen molar-refractivity contribution in [1.29, 1.82) is 0 Å². The highest BCUT2D eigenvalue weighted by Crippen LogP contribution is 2.20. The number of aryl methyl sites for hydroxylation is 1. The Morgan fingerprint density at radius 2 is 2.26 bits per heavy atom. The number of aromatic amines is 1. The Labute approximate surface area is 134 Å². The van der Waals surface area contributed by atoms with Gasteiger partial charge in [0.25, 0.3) is 0 Å². The summed E-state index contributed by atoms with van der Waals surface area (Å²) >= 11 is 0. The molecule has 7 heteroatoms. The highest BCUT2D eigenvalue weighted by atomic mass is 16.2. The molecule has 7 nitrogen and oxygen atoms in total. The van der Waals surface area contributed by atoms with Gasteiger partial charge in [0.15, 0.2) is 5.82 Å². The maximum absolute atomic E-state index is 12.4. The Bertz CT molecular complexity index is 740. The second-order valence-electron chi connectivity index (χ2n) is 5.68. The molecule has 2 heterocycles. The highest BCUT2D eigenvalue weighted by molar-refractivity contribution is 5.97. The third-order valence-electron chi connectivity index (χ3n) is 3.94. The molecule has 1 aromatic carbocycles. The summed E-state index contributed by atoms with van der Waals surface area (Å²) in [6, 6.07) is 6.87. The predicted octanol–water partition coefficient (Wildman–Crippen LogP) is 1.73. The quantitative estimate of drug-likeness (QED) is 0.899. The standard InChI is InChI=1S/C16H19N5O2/c1-10(21-8-4-7-14(21)22)16(23)18-13-6-3-5-12(9-13)15-17-11(2)19-20-15/h3,5-6,9-10H,4,7-8H2,1-2H3,(H,18,23)(H,17,19,20). The van der Waals surface area contributed by atoms with Crippen molar-refractivity contribution in [1.82, 2.24) is 20.1 Å². The number of likely N-dealkylation sites (tertiary alicyclic amines) is 1. The van der Waals surface area contributed by atoms with Crippen LogP contribution in [-0.2, 0) is 9.59 Å². The molecule has 2 N–H and O–H groups in total. The highest BCUT2D eigenvalue weighted by Gasteiger charge is 2.29. The van der Waals surface area contributed by atoms with Gasteiger partial charge < -0.3 is 10.2 Å². The molecule has 2 aromatic rings. The van der Waals surface area contributed by atoms with Crippen LogP contribution < -0.4 is 5.32 Å². The fraction of sp³-hybridized carbons (Fsp3) is 0.375. The summed E-state index contributed by atoms with van der Waals surface area (Å²) < 4.78 is 0. The number of nitrogens with one attached hydrogen (secondary N) is 2. The topological polar surface area (TPSA) is 91.0 Å². The summed E-state index contributed by atoms with van der Waals surface area (Å²) in [5, 5.41) is 9.77. The van der Waals surface area contributed by atoms with Crippen LogP contribution in [0.15, 0.2) is 24.3 Å². The van der Waals surface area contributed by atoms with Gasteiger partial charge in [-0.2, -0.15) is 5.10 Å². The molecule has 1 aliphatic rings. The van der Waals surface area contributed by atoms with E-state index in [-0.39, 0.29) is 11.8 Å². The van der Waals surface area contributed by atoms with E-state index in [9.17, 15) is 9.59 Å². The molecule has 0 bridgehead atoms. The first-order valence-corrected chi connectivity index (χ1v) is 7.64. The van der Waals surface area contributed by atoms with Crippen LogP contribution in [0.4, 0.5) is 5.69 Å². The van der Waals surface area contributed by atoms with Crippen molar-refractivity contribution >= 4 is 17.5 Å². The van der Waals surface area contributed by atoms with E-state index >= 15 is 0 Å². The second kappa shape index (κ2) is 6.20. The van der Waals surface area contributed by atoms with Crippen LogP contribution in [0.1, 0.15) is 25.6 Å². The third-order valence-corrected chi connectivity index (χ3v) is 3.94. The van der Waals surface area contributed by atoms with Gasteiger partial charge in [0.05, 0.1) is 0 Å². The Morgan fingerprint density at radius 1 is 1.43 bits per heavy atom. The first kappa shape index (κ1) is 15.2. The van der Waals surface area contributed by atoms with Gasteiger partial charge >= 0.3 is 0 Å². The summed E-state index contributed by atoms with van der Waals surface area (Å²) in [7, 11) is 0. The summed E-state index contributed by atoms with van der Waals surface area (Å²) in [5.41, 5.74) is 1.48. The number of carbonyl (C=O) groups is 2. The lowest BCUT2D eigenvalue weighted by Crippen LogP contribution is -2.42. The van der Waals surface area contributed by atoms with Gasteiger partial charge in [0.2, 0.25) is 11.8 Å². The number of amides is 2. The molecule has 0 aliphatic carbocycles. The van der Waals surface area contributed by atoms with Crippen molar-refractivity contribution in [3.8, 4) is 11.4 Å². The van der Waals surface area contributed by atoms with Crippen LogP contribution in [0.5, 0.6) is 0 Å². The van der Waals surface area contributed by atoms with Crippen LogP contribution in [0.25, 0.3) is 11.4 Å². The zero-order valence-electron chi connectivity index (χ0n) is 13.2. The summed E-state index contributed by atoms with van der Waals surface area (Å²) in [6.07, 6.45) is 1.34. The van der Waals surface area contributed by atoms with E-state index in [1.807, 2.05) is 25.1 Å². The Kier molecular flexibility index (Phi) is 4.10. The Morgan fingerprint density at radius 3 is 2.91 bits per heavy atom. The van der Waals surface area contributed by atoms with Crippen LogP contribution >= 0.6 is 0 Å². The van der Waals surface area contributed by atoms with Gasteiger partial charge in [-0.25, -0.2) is 4.98 Å². The molecule has 1 aromatic heterocycles. The van der Waals surface area contributed by atoms with Crippen LogP contribution in [0, 0.1) is 6.92 Å². The Hall–Kier alpha value is -2.70. The van der Waals surface area contributed by atoms with Gasteiger partial charge in [-0.15, -0.1) is 0 Å². The summed E-state index contributed by atoms with van der Waals surface area (Å²) in [5.74, 6) is 1.16. The number of nitrogens with zero attached hydrogens (tertiary/aromatic N) is 3. The SMILES string of the molecule is Cc1nc(-c2cccc(NC(=O)C(C)N3CCCC3=O)c2)n[nH]1. The largest absolute Gasteiger partial charge is 0.331 e. The van der Waals surface area contributed by atoms with Crippen molar-refractivity contribution in [3.05, 3.63) is 30.1 Å². The first-order valence-electron chi connectivity index (χ1n) is 7.64. The number of aromatic nitrogens is 3. The lowest BCUT2D eigenvalue weighted by Gasteiger charge is -2.23. The van der Waals surface area contributed by atoms with Crippen LogP contribution in [0.2, 0.25) is 0 Å². The molecule has 0 radical (unpaired) electrons. The lowest BCUT2D eigenvalue weighted by atomic mass is 10.2. The van der Waals surface area contributed by atoms with Crippen molar-refractivity contribution < 1.29 is 9.59 Å². The molecular weight excluding hydrogens is 294 g/mol. The van der Waals surface area contributed by atoms with E-state index in [1.165, 1.54) is 0 Å². The fourth-order valence-electron chi connectivity index (χ4n) is 2.67. The number of carbonyl (C=O) groups excluding carboxylic acids is 2. The lowest BCUT2D eigenvalue weighted by molar-refractivity contribution is -0.134. The van der Waals surface area contributed by atoms with E-state index in [0.29, 0.717) is 24.5 Å². The summed E-state index contributed by atoms with van der Waals surface area (Å²) in [6.45, 7) is 4.22. The van der Waals surface area contributed by atoms with E-state index in [0.717, 1.165) is 17.8 Å². The van der Waals surface area contributed by atoms with Gasteiger partial charge in [0, 0.05) is 24.2 Å². The molecule has 2 amide bonds. The van der Waals surface area contributed by atoms with Gasteiger partial charge in [-0.1, -0.05) is 12.1 Å². The number of benzene rings is 1. The first-order chi connectivity index (χ1) is 11.0. The number of hydrogen-bond acceptors (Lipinski definition) is 4. The monoisotopic (exact) mass is 313 g/mol. The molecule has 0 saturated carbocycles. The minimum Gasteiger partial charge on any atom is -0.331 e. The van der Waals surface area contributed by atoms with E-state index in [2.05, 4.69) is 20.5 Å². The van der Waals surface area contributed by atoms with Crippen LogP contribution in [0.3, 0.4) is 0 Å². The second-order valence-corrected chi connectivity index (χ2v) is 5.68. The minimum absolute atomic E-state index is 0.0394. The maximum Gasteiger partial charge on any atom is 0.246 e. The molecule has 1 fully saturated rings. The van der Waals surface area contributed by atoms with E-state index in [1.54, 1.807) is 17.9 Å². The molecule has 1 aliphatic heterocycles. The van der Waals surface area contributed by atoms with E-state index < -0.39 is 6.04 Å². The van der Waals surface area contributed by atoms with Crippen LogP contribution in [-0.4, -0.2) is 44.5 Å². The summed E-state index contributed by atoms with van der Waals surface area (Å²) in [4.78, 5) is 30.0. The van der Waals surface area contributed by atoms with Gasteiger partial charge in [-0.05, 0) is 32.4 Å². The van der Waals surface area contributed by atoms with E-state index in [4.69, 9.17) is 0 Å². The van der Waals surface area contributed by atoms with Crippen molar-refractivity contribution in [2.75, 3.05) is 11.9 Å². The molecule has 23 heavy (non-hydrogen) atoms. The van der Waals surface area contributed by atoms with Gasteiger partial charge in [0.1, 0.15) is 11.9 Å². The number of H-pyrrole nitrogens is 1. The molecule has 1 saturated heterocycles. The zero-order chi connectivity index (χ0) is 16.4. The third kappa shape index (κ3) is 3.23. The molecule has 0 spiro atoms. The average Bonchev–Trinajstić information content (AvgIpc) is 3.15. The van der Waals surface area contributed by atoms with Crippen molar-refractivity contribution in [2.24, 2.45) is 0 Å². The molecular formula is C16H19N5O2. The number of rotatable bonds is 4. The Balaban J connectivity index is 1.72. The normalized spacial score (nSPS) is 15.7. The number of anilines is 1.